The Hall–Kier alpha value is -1.60. The summed E-state index contributed by atoms with van der Waals surface area (Å²) in [5.41, 5.74) is 5.33. The summed E-state index contributed by atoms with van der Waals surface area (Å²) in [6.07, 6.45) is -4.34. The molecule has 122 valence electrons. The van der Waals surface area contributed by atoms with Crippen LogP contribution in [0.4, 0.5) is 13.2 Å². The molecule has 1 atom stereocenters. The summed E-state index contributed by atoms with van der Waals surface area (Å²) in [4.78, 5) is 15.5. The lowest BCUT2D eigenvalue weighted by Crippen LogP contribution is -2.37. The van der Waals surface area contributed by atoms with Crippen molar-refractivity contribution in [2.75, 3.05) is 33.2 Å². The lowest BCUT2D eigenvalue weighted by atomic mass is 10.1. The number of alkyl halides is 3. The highest BCUT2D eigenvalue weighted by Gasteiger charge is 2.31. The van der Waals surface area contributed by atoms with Crippen LogP contribution >= 0.6 is 0 Å². The van der Waals surface area contributed by atoms with Gasteiger partial charge in [-0.15, -0.1) is 0 Å². The predicted octanol–water partition coefficient (Wildman–Crippen LogP) is 1.55. The van der Waals surface area contributed by atoms with E-state index in [1.54, 1.807) is 6.07 Å². The number of carbonyl (C=O) groups excluding carboxylic acids is 1. The first-order chi connectivity index (χ1) is 10.3. The van der Waals surface area contributed by atoms with Crippen molar-refractivity contribution in [1.29, 1.82) is 0 Å². The van der Waals surface area contributed by atoms with Gasteiger partial charge in [0.15, 0.2) is 0 Å². The molecule has 1 fully saturated rings. The average Bonchev–Trinajstić information content (AvgIpc) is 2.61. The number of nitrogens with zero attached hydrogens (tertiary/aromatic N) is 2. The maximum absolute atomic E-state index is 12.7. The van der Waals surface area contributed by atoms with Crippen molar-refractivity contribution in [1.82, 2.24) is 9.80 Å². The van der Waals surface area contributed by atoms with E-state index in [9.17, 15) is 18.0 Å². The third-order valence-corrected chi connectivity index (χ3v) is 3.87. The fourth-order valence-corrected chi connectivity index (χ4v) is 2.67. The smallest absolute Gasteiger partial charge is 0.369 e. The molecular formula is C15H20F3N3O. The van der Waals surface area contributed by atoms with Gasteiger partial charge in [-0.3, -0.25) is 9.69 Å². The second kappa shape index (κ2) is 6.66. The lowest BCUT2D eigenvalue weighted by Gasteiger charge is -2.22. The zero-order valence-electron chi connectivity index (χ0n) is 12.4. The number of nitrogens with two attached hydrogens (primary N) is 1. The molecule has 0 aliphatic carbocycles. The molecule has 0 spiro atoms. The van der Waals surface area contributed by atoms with Gasteiger partial charge < -0.3 is 10.6 Å². The Kier molecular flexibility index (Phi) is 5.08. The van der Waals surface area contributed by atoms with E-state index in [4.69, 9.17) is 5.73 Å². The van der Waals surface area contributed by atoms with Crippen molar-refractivity contribution in [2.24, 2.45) is 11.7 Å². The molecule has 0 saturated carbocycles. The summed E-state index contributed by atoms with van der Waals surface area (Å²) in [6, 6.07) is 5.30. The van der Waals surface area contributed by atoms with Crippen LogP contribution in [-0.2, 0) is 17.5 Å². The molecule has 1 aromatic rings. The molecule has 1 aliphatic heterocycles. The van der Waals surface area contributed by atoms with E-state index < -0.39 is 11.7 Å². The summed E-state index contributed by atoms with van der Waals surface area (Å²) in [7, 11) is 1.91. The third kappa shape index (κ3) is 4.45. The molecule has 1 heterocycles. The molecular weight excluding hydrogens is 295 g/mol. The van der Waals surface area contributed by atoms with E-state index in [0.29, 0.717) is 31.7 Å². The topological polar surface area (TPSA) is 49.6 Å². The molecule has 0 unspecified atom stereocenters. The highest BCUT2D eigenvalue weighted by atomic mass is 19.4. The summed E-state index contributed by atoms with van der Waals surface area (Å²) in [6.45, 7) is 2.87. The zero-order valence-corrected chi connectivity index (χ0v) is 12.4. The third-order valence-electron chi connectivity index (χ3n) is 3.87. The Bertz CT molecular complexity index is 533. The van der Waals surface area contributed by atoms with Crippen LogP contribution < -0.4 is 5.73 Å². The number of hydrogen-bond donors (Lipinski definition) is 1. The SMILES string of the molecule is CN1CCN(Cc2cccc(C(F)(F)F)c2)C[C@H](C(N)=O)C1. The Morgan fingerprint density at radius 1 is 1.32 bits per heavy atom. The normalized spacial score (nSPS) is 21.5. The monoisotopic (exact) mass is 315 g/mol. The number of benzene rings is 1. The fourth-order valence-electron chi connectivity index (χ4n) is 2.67. The van der Waals surface area contributed by atoms with Crippen LogP contribution in [0.25, 0.3) is 0 Å². The average molecular weight is 315 g/mol. The Labute approximate surface area is 127 Å². The summed E-state index contributed by atoms with van der Waals surface area (Å²) < 4.78 is 38.2. The van der Waals surface area contributed by atoms with Crippen LogP contribution in [0, 0.1) is 5.92 Å². The second-order valence-electron chi connectivity index (χ2n) is 5.79. The van der Waals surface area contributed by atoms with Crippen molar-refractivity contribution in [3.05, 3.63) is 35.4 Å². The van der Waals surface area contributed by atoms with Crippen molar-refractivity contribution in [3.63, 3.8) is 0 Å². The van der Waals surface area contributed by atoms with Crippen molar-refractivity contribution in [3.8, 4) is 0 Å². The molecule has 7 heteroatoms. The van der Waals surface area contributed by atoms with E-state index in [0.717, 1.165) is 18.7 Å². The molecule has 1 aromatic carbocycles. The lowest BCUT2D eigenvalue weighted by molar-refractivity contribution is -0.137. The maximum atomic E-state index is 12.7. The highest BCUT2D eigenvalue weighted by molar-refractivity contribution is 5.77. The van der Waals surface area contributed by atoms with Crippen molar-refractivity contribution >= 4 is 5.91 Å². The van der Waals surface area contributed by atoms with Gasteiger partial charge in [-0.1, -0.05) is 18.2 Å². The maximum Gasteiger partial charge on any atom is 0.416 e. The molecule has 2 N–H and O–H groups in total. The number of carbonyl (C=O) groups is 1. The summed E-state index contributed by atoms with van der Waals surface area (Å²) >= 11 is 0. The fraction of sp³-hybridized carbons (Fsp3) is 0.533. The number of hydrogen-bond acceptors (Lipinski definition) is 3. The Morgan fingerprint density at radius 2 is 2.05 bits per heavy atom. The van der Waals surface area contributed by atoms with E-state index in [-0.39, 0.29) is 11.8 Å². The highest BCUT2D eigenvalue weighted by Crippen LogP contribution is 2.29. The standard InChI is InChI=1S/C15H20F3N3O/c1-20-5-6-21(10-12(9-20)14(19)22)8-11-3-2-4-13(7-11)15(16,17)18/h2-4,7,12H,5-6,8-10H2,1H3,(H2,19,22)/t12-/m1/s1. The number of halogens is 3. The first-order valence-corrected chi connectivity index (χ1v) is 7.12. The number of primary amides is 1. The van der Waals surface area contributed by atoms with Gasteiger partial charge in [-0.05, 0) is 18.7 Å². The molecule has 1 saturated heterocycles. The summed E-state index contributed by atoms with van der Waals surface area (Å²) in [5.74, 6) is -0.680. The van der Waals surface area contributed by atoms with E-state index >= 15 is 0 Å². The minimum atomic E-state index is -4.34. The Balaban J connectivity index is 2.10. The zero-order chi connectivity index (χ0) is 16.3. The van der Waals surface area contributed by atoms with Gasteiger partial charge >= 0.3 is 6.18 Å². The van der Waals surface area contributed by atoms with Gasteiger partial charge in [-0.25, -0.2) is 0 Å². The largest absolute Gasteiger partial charge is 0.416 e. The van der Waals surface area contributed by atoms with Gasteiger partial charge in [-0.2, -0.15) is 13.2 Å². The Morgan fingerprint density at radius 3 is 2.68 bits per heavy atom. The van der Waals surface area contributed by atoms with Crippen LogP contribution in [0.3, 0.4) is 0 Å². The molecule has 0 radical (unpaired) electrons. The quantitative estimate of drug-likeness (QED) is 0.921. The number of rotatable bonds is 3. The number of likely N-dealkylation sites (N-methyl/N-ethyl adjacent to an activating group) is 1. The van der Waals surface area contributed by atoms with Crippen molar-refractivity contribution in [2.45, 2.75) is 12.7 Å². The van der Waals surface area contributed by atoms with E-state index in [1.807, 2.05) is 16.8 Å². The van der Waals surface area contributed by atoms with Gasteiger partial charge in [0.2, 0.25) is 5.91 Å². The number of amides is 1. The minimum absolute atomic E-state index is 0.307. The van der Waals surface area contributed by atoms with E-state index in [2.05, 4.69) is 0 Å². The van der Waals surface area contributed by atoms with Gasteiger partial charge in [0.05, 0.1) is 11.5 Å². The molecule has 1 amide bonds. The van der Waals surface area contributed by atoms with Gasteiger partial charge in [0.1, 0.15) is 0 Å². The van der Waals surface area contributed by atoms with Crippen LogP contribution in [0.1, 0.15) is 11.1 Å². The van der Waals surface area contributed by atoms with Crippen LogP contribution in [0.15, 0.2) is 24.3 Å². The molecule has 22 heavy (non-hydrogen) atoms. The first-order valence-electron chi connectivity index (χ1n) is 7.12. The van der Waals surface area contributed by atoms with Crippen LogP contribution in [-0.4, -0.2) is 48.9 Å². The van der Waals surface area contributed by atoms with Crippen molar-refractivity contribution < 1.29 is 18.0 Å². The predicted molar refractivity (Wildman–Crippen MR) is 76.9 cm³/mol. The minimum Gasteiger partial charge on any atom is -0.369 e. The van der Waals surface area contributed by atoms with Crippen LogP contribution in [0.5, 0.6) is 0 Å². The second-order valence-corrected chi connectivity index (χ2v) is 5.79. The van der Waals surface area contributed by atoms with E-state index in [1.165, 1.54) is 6.07 Å². The molecule has 0 aromatic heterocycles. The molecule has 4 nitrogen and oxygen atoms in total. The van der Waals surface area contributed by atoms with Crippen LogP contribution in [0.2, 0.25) is 0 Å². The molecule has 2 rings (SSSR count). The summed E-state index contributed by atoms with van der Waals surface area (Å²) in [5, 5.41) is 0. The molecule has 0 bridgehead atoms. The van der Waals surface area contributed by atoms with Gasteiger partial charge in [0, 0.05) is 32.7 Å². The van der Waals surface area contributed by atoms with Gasteiger partial charge in [0.25, 0.3) is 0 Å². The molecule has 1 aliphatic rings. The first kappa shape index (κ1) is 16.8.